The van der Waals surface area contributed by atoms with Gasteiger partial charge in [0.05, 0.1) is 39.9 Å². The lowest BCUT2D eigenvalue weighted by atomic mass is 10.0. The number of hydrogen-bond donors (Lipinski definition) is 3. The third-order valence-electron chi connectivity index (χ3n) is 12.8. The summed E-state index contributed by atoms with van der Waals surface area (Å²) in [6.07, 6.45) is 55.4. The van der Waals surface area contributed by atoms with Crippen molar-refractivity contribution in [2.24, 2.45) is 0 Å². The van der Waals surface area contributed by atoms with Crippen LogP contribution in [0.2, 0.25) is 0 Å². The van der Waals surface area contributed by atoms with Gasteiger partial charge in [-0.2, -0.15) is 0 Å². The van der Waals surface area contributed by atoms with Crippen LogP contribution in [0, 0.1) is 0 Å². The van der Waals surface area contributed by atoms with Gasteiger partial charge in [-0.1, -0.05) is 244 Å². The van der Waals surface area contributed by atoms with Gasteiger partial charge in [0.15, 0.2) is 0 Å². The predicted molar refractivity (Wildman–Crippen MR) is 272 cm³/mol. The fourth-order valence-corrected chi connectivity index (χ4v) is 9.13. The first-order valence-electron chi connectivity index (χ1n) is 27.6. The molecule has 0 aliphatic rings. The maximum Gasteiger partial charge on any atom is 0.472 e. The van der Waals surface area contributed by atoms with Gasteiger partial charge in [-0.05, 0) is 38.5 Å². The zero-order valence-electron chi connectivity index (χ0n) is 42.8. The molecular formula is C54H110N2O6P+. The summed E-state index contributed by atoms with van der Waals surface area (Å²) in [5.41, 5.74) is 0. The molecule has 0 fully saturated rings. The van der Waals surface area contributed by atoms with Crippen LogP contribution in [0.1, 0.15) is 277 Å². The standard InChI is InChI=1S/C54H109N2O6P/c1-6-8-10-12-14-16-18-20-22-24-25-26-27-28-29-30-31-32-34-36-38-40-42-44-46-48-54(58)55-52(51-62-63(59,60)61-50-49-56(3,4)5)53(57)47-45-43-41-39-37-35-33-23-21-19-17-15-13-11-9-7-2/h28-29,52-53,57H,6-27,30-51H2,1-5H3,(H-,55,58,59,60)/p+1/b29-28-. The molecule has 0 spiro atoms. The van der Waals surface area contributed by atoms with Gasteiger partial charge < -0.3 is 19.8 Å². The Morgan fingerprint density at radius 3 is 1.22 bits per heavy atom. The van der Waals surface area contributed by atoms with E-state index >= 15 is 0 Å². The van der Waals surface area contributed by atoms with Gasteiger partial charge in [-0.15, -0.1) is 0 Å². The first-order valence-corrected chi connectivity index (χ1v) is 29.0. The number of nitrogens with one attached hydrogen (secondary N) is 1. The van der Waals surface area contributed by atoms with E-state index in [1.165, 1.54) is 212 Å². The Labute approximate surface area is 392 Å². The van der Waals surface area contributed by atoms with Crippen molar-refractivity contribution in [1.29, 1.82) is 0 Å². The van der Waals surface area contributed by atoms with Crippen molar-refractivity contribution in [2.75, 3.05) is 40.9 Å². The number of nitrogens with zero attached hydrogens (tertiary/aromatic N) is 1. The van der Waals surface area contributed by atoms with Gasteiger partial charge in [0.25, 0.3) is 0 Å². The van der Waals surface area contributed by atoms with Crippen LogP contribution in [0.25, 0.3) is 0 Å². The molecular weight excluding hydrogens is 804 g/mol. The molecule has 0 heterocycles. The van der Waals surface area contributed by atoms with E-state index in [1.54, 1.807) is 0 Å². The molecule has 0 radical (unpaired) electrons. The van der Waals surface area contributed by atoms with Crippen molar-refractivity contribution in [3.63, 3.8) is 0 Å². The molecule has 0 aromatic heterocycles. The summed E-state index contributed by atoms with van der Waals surface area (Å²) in [7, 11) is 1.63. The first kappa shape index (κ1) is 62.2. The smallest absolute Gasteiger partial charge is 0.391 e. The minimum atomic E-state index is -4.32. The number of phosphoric ester groups is 1. The average Bonchev–Trinajstić information content (AvgIpc) is 3.24. The number of unbranched alkanes of at least 4 members (excludes halogenated alkanes) is 36. The Balaban J connectivity index is 4.15. The zero-order chi connectivity index (χ0) is 46.4. The molecule has 0 aromatic rings. The van der Waals surface area contributed by atoms with Crippen LogP contribution in [0.5, 0.6) is 0 Å². The first-order chi connectivity index (χ1) is 30.5. The number of quaternary nitrogens is 1. The molecule has 3 N–H and O–H groups in total. The van der Waals surface area contributed by atoms with Crippen molar-refractivity contribution in [2.45, 2.75) is 289 Å². The second-order valence-corrected chi connectivity index (χ2v) is 21.8. The number of phosphoric acid groups is 1. The molecule has 3 atom stereocenters. The minimum Gasteiger partial charge on any atom is -0.391 e. The highest BCUT2D eigenvalue weighted by molar-refractivity contribution is 7.47. The summed E-state index contributed by atoms with van der Waals surface area (Å²) in [4.78, 5) is 23.3. The van der Waals surface area contributed by atoms with E-state index in [2.05, 4.69) is 31.3 Å². The number of likely N-dealkylation sites (N-methyl/N-ethyl adjacent to an activating group) is 1. The number of aliphatic hydroxyl groups is 1. The number of carbonyl (C=O) groups is 1. The maximum atomic E-state index is 13.0. The van der Waals surface area contributed by atoms with E-state index in [4.69, 9.17) is 9.05 Å². The SMILES string of the molecule is CCCCCCCCCCCCCC/C=C\CCCCCCCCCCCC(=O)NC(COP(=O)(O)OCC[N+](C)(C)C)C(O)CCCCCCCCCCCCCCCCCC. The van der Waals surface area contributed by atoms with E-state index in [0.717, 1.165) is 38.5 Å². The van der Waals surface area contributed by atoms with Gasteiger partial charge in [0.1, 0.15) is 13.2 Å². The number of amides is 1. The third-order valence-corrected chi connectivity index (χ3v) is 13.7. The molecule has 3 unspecified atom stereocenters. The molecule has 0 saturated heterocycles. The monoisotopic (exact) mass is 914 g/mol. The highest BCUT2D eigenvalue weighted by Gasteiger charge is 2.28. The quantitative estimate of drug-likeness (QED) is 0.0243. The van der Waals surface area contributed by atoms with Gasteiger partial charge >= 0.3 is 7.82 Å². The molecule has 0 aliphatic heterocycles. The molecule has 8 nitrogen and oxygen atoms in total. The van der Waals surface area contributed by atoms with Gasteiger partial charge in [-0.3, -0.25) is 13.8 Å². The summed E-state index contributed by atoms with van der Waals surface area (Å²) in [5, 5.41) is 14.0. The zero-order valence-corrected chi connectivity index (χ0v) is 43.7. The number of rotatable bonds is 51. The van der Waals surface area contributed by atoms with Crippen LogP contribution in [0.4, 0.5) is 0 Å². The molecule has 63 heavy (non-hydrogen) atoms. The van der Waals surface area contributed by atoms with E-state index in [9.17, 15) is 19.4 Å². The minimum absolute atomic E-state index is 0.0766. The summed E-state index contributed by atoms with van der Waals surface area (Å²) >= 11 is 0. The predicted octanol–water partition coefficient (Wildman–Crippen LogP) is 16.3. The van der Waals surface area contributed by atoms with Crippen LogP contribution < -0.4 is 5.32 Å². The molecule has 376 valence electrons. The molecule has 0 aliphatic carbocycles. The Bertz CT molecular complexity index is 1040. The van der Waals surface area contributed by atoms with Crippen molar-refractivity contribution >= 4 is 13.7 Å². The van der Waals surface area contributed by atoms with Crippen molar-refractivity contribution in [3.05, 3.63) is 12.2 Å². The Morgan fingerprint density at radius 2 is 0.857 bits per heavy atom. The van der Waals surface area contributed by atoms with E-state index in [-0.39, 0.29) is 19.1 Å². The third kappa shape index (κ3) is 49.0. The van der Waals surface area contributed by atoms with E-state index < -0.39 is 20.0 Å². The largest absolute Gasteiger partial charge is 0.472 e. The number of allylic oxidation sites excluding steroid dienone is 2. The Hall–Kier alpha value is -0.760. The lowest BCUT2D eigenvalue weighted by molar-refractivity contribution is -0.870. The molecule has 0 saturated carbocycles. The average molecular weight is 914 g/mol. The van der Waals surface area contributed by atoms with Crippen molar-refractivity contribution in [1.82, 2.24) is 5.32 Å². The Kier molecular flexibility index (Phi) is 45.8. The second-order valence-electron chi connectivity index (χ2n) is 20.3. The number of carbonyl (C=O) groups excluding carboxylic acids is 1. The molecule has 9 heteroatoms. The van der Waals surface area contributed by atoms with Gasteiger partial charge in [0, 0.05) is 6.42 Å². The highest BCUT2D eigenvalue weighted by Crippen LogP contribution is 2.43. The van der Waals surface area contributed by atoms with Crippen LogP contribution >= 0.6 is 7.82 Å². The molecule has 1 amide bonds. The Morgan fingerprint density at radius 1 is 0.524 bits per heavy atom. The van der Waals surface area contributed by atoms with Crippen LogP contribution in [0.15, 0.2) is 12.2 Å². The fourth-order valence-electron chi connectivity index (χ4n) is 8.40. The molecule has 0 rings (SSSR count). The lowest BCUT2D eigenvalue weighted by Gasteiger charge is -2.26. The van der Waals surface area contributed by atoms with E-state index in [1.807, 2.05) is 21.1 Å². The maximum absolute atomic E-state index is 13.0. The normalized spacial score (nSPS) is 14.1. The number of aliphatic hydroxyl groups excluding tert-OH is 1. The summed E-state index contributed by atoms with van der Waals surface area (Å²) in [5.74, 6) is -0.142. The second kappa shape index (κ2) is 46.4. The topological polar surface area (TPSA) is 105 Å². The fraction of sp³-hybridized carbons (Fsp3) is 0.944. The molecule has 0 aromatic carbocycles. The van der Waals surface area contributed by atoms with Crippen LogP contribution in [-0.4, -0.2) is 73.4 Å². The lowest BCUT2D eigenvalue weighted by Crippen LogP contribution is -2.46. The highest BCUT2D eigenvalue weighted by atomic mass is 31.2. The van der Waals surface area contributed by atoms with Crippen LogP contribution in [0.3, 0.4) is 0 Å². The van der Waals surface area contributed by atoms with Gasteiger partial charge in [0.2, 0.25) is 5.91 Å². The van der Waals surface area contributed by atoms with Crippen molar-refractivity contribution < 1.29 is 32.9 Å². The summed E-state index contributed by atoms with van der Waals surface area (Å²) in [6, 6.07) is -0.758. The van der Waals surface area contributed by atoms with E-state index in [0.29, 0.717) is 23.9 Å². The molecule has 0 bridgehead atoms. The number of hydrogen-bond acceptors (Lipinski definition) is 5. The van der Waals surface area contributed by atoms with Crippen LogP contribution in [-0.2, 0) is 18.4 Å². The van der Waals surface area contributed by atoms with Crippen molar-refractivity contribution in [3.8, 4) is 0 Å². The summed E-state index contributed by atoms with van der Waals surface area (Å²) in [6.45, 7) is 4.93. The summed E-state index contributed by atoms with van der Waals surface area (Å²) < 4.78 is 23.7. The van der Waals surface area contributed by atoms with Gasteiger partial charge in [-0.25, -0.2) is 4.57 Å².